The van der Waals surface area contributed by atoms with Crippen molar-refractivity contribution in [2.75, 3.05) is 53.1 Å². The number of likely N-dealkylation sites (tertiary alicyclic amines) is 2. The fourth-order valence-corrected chi connectivity index (χ4v) is 6.78. The predicted molar refractivity (Wildman–Crippen MR) is 155 cm³/mol. The van der Waals surface area contributed by atoms with E-state index in [-0.39, 0.29) is 29.2 Å². The van der Waals surface area contributed by atoms with Crippen molar-refractivity contribution in [3.05, 3.63) is 53.1 Å². The number of amides is 1. The normalized spacial score (nSPS) is 20.5. The van der Waals surface area contributed by atoms with E-state index >= 15 is 0 Å². The molecule has 0 atom stereocenters. The van der Waals surface area contributed by atoms with Gasteiger partial charge in [0.15, 0.2) is 11.5 Å². The number of benzene rings is 1. The Morgan fingerprint density at radius 1 is 1.12 bits per heavy atom. The van der Waals surface area contributed by atoms with Crippen LogP contribution in [0.15, 0.2) is 46.9 Å². The second-order valence-electron chi connectivity index (χ2n) is 10.8. The molecule has 0 saturated carbocycles. The molecule has 2 fully saturated rings. The number of phenols is 1. The van der Waals surface area contributed by atoms with Gasteiger partial charge in [-0.3, -0.25) is 4.79 Å². The van der Waals surface area contributed by atoms with Crippen molar-refractivity contribution in [1.82, 2.24) is 19.0 Å². The van der Waals surface area contributed by atoms with Crippen molar-refractivity contribution >= 4 is 22.3 Å². The number of rotatable bonds is 8. The maximum atomic E-state index is 13.7. The molecule has 1 aromatic carbocycles. The number of nitrogens with zero attached hydrogens (tertiary/aromatic N) is 5. The number of ether oxygens (including phenoxy) is 1. The number of hydrogen-bond acceptors (Lipinski definition) is 8. The summed E-state index contributed by atoms with van der Waals surface area (Å²) < 4.78 is 31.0. The van der Waals surface area contributed by atoms with Gasteiger partial charge in [-0.25, -0.2) is 17.7 Å². The van der Waals surface area contributed by atoms with Crippen LogP contribution in [0.2, 0.25) is 0 Å². The van der Waals surface area contributed by atoms with Gasteiger partial charge in [-0.05, 0) is 68.5 Å². The van der Waals surface area contributed by atoms with Crippen LogP contribution in [0.4, 0.5) is 0 Å². The number of hydrogen-bond donors (Lipinski definition) is 2. The lowest BCUT2D eigenvalue weighted by Crippen LogP contribution is -2.52. The van der Waals surface area contributed by atoms with Gasteiger partial charge in [0.05, 0.1) is 25.4 Å². The lowest BCUT2D eigenvalue weighted by Gasteiger charge is -2.43. The molecule has 0 aliphatic carbocycles. The molecule has 2 saturated heterocycles. The Bertz CT molecular complexity index is 1260. The summed E-state index contributed by atoms with van der Waals surface area (Å²) >= 11 is 0. The average Bonchev–Trinajstić information content (AvgIpc) is 2.95. The second kappa shape index (κ2) is 12.6. The minimum absolute atomic E-state index is 0.0365. The second-order valence-corrected chi connectivity index (χ2v) is 12.8. The van der Waals surface area contributed by atoms with Crippen molar-refractivity contribution in [3.8, 4) is 5.75 Å². The van der Waals surface area contributed by atoms with Crippen LogP contribution in [0.3, 0.4) is 0 Å². The first-order valence-corrected chi connectivity index (χ1v) is 15.6. The van der Waals surface area contributed by atoms with E-state index < -0.39 is 10.0 Å². The van der Waals surface area contributed by atoms with E-state index in [0.717, 1.165) is 57.1 Å². The number of piperidine rings is 2. The molecule has 220 valence electrons. The smallest absolute Gasteiger partial charge is 0.276 e. The molecule has 1 aromatic rings. The monoisotopic (exact) mass is 574 g/mol. The van der Waals surface area contributed by atoms with Gasteiger partial charge in [-0.1, -0.05) is 12.6 Å². The summed E-state index contributed by atoms with van der Waals surface area (Å²) in [5.41, 5.74) is 8.51. The molecule has 11 nitrogen and oxygen atoms in total. The highest BCUT2D eigenvalue weighted by Gasteiger charge is 2.34. The molecule has 3 aliphatic heterocycles. The summed E-state index contributed by atoms with van der Waals surface area (Å²) in [6.07, 6.45) is 6.41. The lowest BCUT2D eigenvalue weighted by atomic mass is 9.97. The Balaban J connectivity index is 1.40. The first kappa shape index (κ1) is 29.9. The minimum atomic E-state index is -3.20. The fourth-order valence-electron chi connectivity index (χ4n) is 6.02. The van der Waals surface area contributed by atoms with Crippen LogP contribution in [-0.4, -0.2) is 110 Å². The van der Waals surface area contributed by atoms with Crippen molar-refractivity contribution in [1.29, 1.82) is 0 Å². The largest absolute Gasteiger partial charge is 0.508 e. The number of aliphatic imine (C=N–C) groups is 1. The third kappa shape index (κ3) is 6.61. The summed E-state index contributed by atoms with van der Waals surface area (Å²) in [6, 6.07) is 5.77. The molecular weight excluding hydrogens is 532 g/mol. The maximum absolute atomic E-state index is 13.7. The molecule has 3 N–H and O–H groups in total. The highest BCUT2D eigenvalue weighted by Crippen LogP contribution is 2.30. The van der Waals surface area contributed by atoms with Crippen molar-refractivity contribution in [2.24, 2.45) is 10.7 Å². The number of phenolic OH excluding ortho intramolecular Hbond substituents is 1. The number of fused-ring (bicyclic) bond motifs is 1. The molecular formula is C28H42N6O5S. The first-order valence-electron chi connectivity index (χ1n) is 13.8. The number of carbonyl (C=O) groups is 1. The quantitative estimate of drug-likeness (QED) is 0.157. The topological polar surface area (TPSA) is 132 Å². The van der Waals surface area contributed by atoms with Crippen LogP contribution >= 0.6 is 0 Å². The van der Waals surface area contributed by atoms with Gasteiger partial charge in [0.2, 0.25) is 10.0 Å². The molecule has 0 bridgehead atoms. The Morgan fingerprint density at radius 3 is 2.40 bits per heavy atom. The zero-order valence-corrected chi connectivity index (χ0v) is 24.6. The zero-order chi connectivity index (χ0) is 29.0. The number of methoxy groups -OCH3 is 1. The molecule has 0 radical (unpaired) electrons. The molecule has 0 aromatic heterocycles. The highest BCUT2D eigenvalue weighted by atomic mass is 32.2. The number of sulfonamides is 1. The Morgan fingerprint density at radius 2 is 1.80 bits per heavy atom. The zero-order valence-electron chi connectivity index (χ0n) is 23.8. The van der Waals surface area contributed by atoms with Gasteiger partial charge in [-0.2, -0.15) is 0 Å². The average molecular weight is 575 g/mol. The van der Waals surface area contributed by atoms with E-state index in [4.69, 9.17) is 10.5 Å². The standard InChI is InChI=1S/C28H42N6O5S/c1-20(34-12-7-21-5-6-25(35)17-22(21)18-34)27(39-3)26(30-19-29)28(36)33-15-10-24(11-16-33)32-13-8-23(9-14-32)31(2)40(4,37)38/h5-6,17,19,23-24,35H,1,7-16,18H2,2-4H3,(H2,29,30)/b27-26+. The number of carbonyl (C=O) groups excluding carboxylic acids is 1. The van der Waals surface area contributed by atoms with E-state index in [1.165, 1.54) is 23.2 Å². The van der Waals surface area contributed by atoms with Gasteiger partial charge in [0.1, 0.15) is 5.75 Å². The maximum Gasteiger partial charge on any atom is 0.276 e. The predicted octanol–water partition coefficient (Wildman–Crippen LogP) is 1.46. The summed E-state index contributed by atoms with van der Waals surface area (Å²) in [5, 5.41) is 9.92. The van der Waals surface area contributed by atoms with E-state index in [1.807, 2.05) is 11.0 Å². The van der Waals surface area contributed by atoms with Gasteiger partial charge >= 0.3 is 0 Å². The summed E-state index contributed by atoms with van der Waals surface area (Å²) in [5.74, 6) is 0.252. The van der Waals surface area contributed by atoms with E-state index in [1.54, 1.807) is 24.1 Å². The first-order chi connectivity index (χ1) is 19.0. The van der Waals surface area contributed by atoms with E-state index in [0.29, 0.717) is 37.9 Å². The van der Waals surface area contributed by atoms with Crippen molar-refractivity contribution in [3.63, 3.8) is 0 Å². The summed E-state index contributed by atoms with van der Waals surface area (Å²) in [6.45, 7) is 8.30. The third-order valence-corrected chi connectivity index (χ3v) is 9.82. The highest BCUT2D eigenvalue weighted by molar-refractivity contribution is 7.88. The molecule has 0 spiro atoms. The molecule has 3 aliphatic rings. The van der Waals surface area contributed by atoms with Crippen LogP contribution in [0.5, 0.6) is 5.75 Å². The number of aromatic hydroxyl groups is 1. The molecule has 12 heteroatoms. The fraction of sp³-hybridized carbons (Fsp3) is 0.571. The van der Waals surface area contributed by atoms with Crippen molar-refractivity contribution in [2.45, 2.75) is 50.7 Å². The summed E-state index contributed by atoms with van der Waals surface area (Å²) in [7, 11) is -0.0359. The summed E-state index contributed by atoms with van der Waals surface area (Å²) in [4.78, 5) is 24.1. The lowest BCUT2D eigenvalue weighted by molar-refractivity contribution is -0.129. The molecule has 40 heavy (non-hydrogen) atoms. The number of nitrogens with two attached hydrogens (primary N) is 1. The molecule has 1 amide bonds. The van der Waals surface area contributed by atoms with Crippen LogP contribution in [0, 0.1) is 0 Å². The SMILES string of the molecule is C=C(/C(OC)=C(\N=C/N)C(=O)N1CCC(N2CCC(N(C)S(C)(=O)=O)CC2)CC1)N1CCc2ccc(O)cc2C1. The molecule has 3 heterocycles. The molecule has 4 rings (SSSR count). The Kier molecular flexibility index (Phi) is 9.42. The van der Waals surface area contributed by atoms with Gasteiger partial charge < -0.3 is 30.3 Å². The minimum Gasteiger partial charge on any atom is -0.508 e. The van der Waals surface area contributed by atoms with Crippen LogP contribution in [-0.2, 0) is 32.5 Å². The van der Waals surface area contributed by atoms with Crippen molar-refractivity contribution < 1.29 is 23.1 Å². The van der Waals surface area contributed by atoms with E-state index in [2.05, 4.69) is 16.5 Å². The van der Waals surface area contributed by atoms with Gasteiger partial charge in [0.25, 0.3) is 5.91 Å². The Labute approximate surface area is 237 Å². The van der Waals surface area contributed by atoms with Crippen LogP contribution < -0.4 is 5.73 Å². The van der Waals surface area contributed by atoms with E-state index in [9.17, 15) is 18.3 Å². The van der Waals surface area contributed by atoms with Gasteiger partial charge in [-0.15, -0.1) is 0 Å². The van der Waals surface area contributed by atoms with Crippen LogP contribution in [0.1, 0.15) is 36.8 Å². The molecule has 0 unspecified atom stereocenters. The third-order valence-electron chi connectivity index (χ3n) is 8.48. The Hall–Kier alpha value is -3.09. The van der Waals surface area contributed by atoms with Gasteiger partial charge in [0, 0.05) is 45.3 Å². The van der Waals surface area contributed by atoms with Crippen LogP contribution in [0.25, 0.3) is 0 Å².